The number of hydrogen-bond acceptors (Lipinski definition) is 7. The highest BCUT2D eigenvalue weighted by Gasteiger charge is 2.29. The fraction of sp³-hybridized carbons (Fsp3) is 0.486. The number of aryl methyl sites for hydroxylation is 2. The summed E-state index contributed by atoms with van der Waals surface area (Å²) in [6.45, 7) is 13.0. The highest BCUT2D eigenvalue weighted by Crippen LogP contribution is 2.34. The number of aromatic amines is 1. The summed E-state index contributed by atoms with van der Waals surface area (Å²) in [4.78, 5) is 34.0. The largest absolute Gasteiger partial charge is 0.379 e. The molecule has 0 spiro atoms. The summed E-state index contributed by atoms with van der Waals surface area (Å²) < 4.78 is 30.0. The molecule has 0 radical (unpaired) electrons. The van der Waals surface area contributed by atoms with Crippen molar-refractivity contribution < 1.29 is 17.9 Å². The van der Waals surface area contributed by atoms with Crippen LogP contribution in [0.15, 0.2) is 47.3 Å². The van der Waals surface area contributed by atoms with Gasteiger partial charge in [-0.05, 0) is 93.0 Å². The summed E-state index contributed by atoms with van der Waals surface area (Å²) in [5.41, 5.74) is 7.46. The van der Waals surface area contributed by atoms with E-state index in [1.807, 2.05) is 32.9 Å². The topological polar surface area (TPSA) is 112 Å². The third-order valence-electron chi connectivity index (χ3n) is 9.24. The van der Waals surface area contributed by atoms with Crippen LogP contribution < -0.4 is 15.8 Å². The number of anilines is 1. The first-order valence-electron chi connectivity index (χ1n) is 16.0. The number of nitrogens with one attached hydrogen (secondary N) is 2. The molecule has 1 amide bonds. The van der Waals surface area contributed by atoms with Crippen molar-refractivity contribution in [2.24, 2.45) is 0 Å². The molecule has 3 heterocycles. The molecule has 3 aromatic rings. The maximum absolute atomic E-state index is 13.8. The minimum absolute atomic E-state index is 0.0667. The molecule has 2 saturated heterocycles. The predicted octanol–water partition coefficient (Wildman–Crippen LogP) is 4.18. The van der Waals surface area contributed by atoms with Crippen LogP contribution in [-0.4, -0.2) is 81.1 Å². The first kappa shape index (κ1) is 32.9. The summed E-state index contributed by atoms with van der Waals surface area (Å²) in [6.07, 6.45) is 2.05. The maximum atomic E-state index is 13.8. The van der Waals surface area contributed by atoms with Crippen molar-refractivity contribution in [3.05, 3.63) is 86.3 Å². The van der Waals surface area contributed by atoms with E-state index < -0.39 is 9.84 Å². The van der Waals surface area contributed by atoms with Crippen molar-refractivity contribution in [2.75, 3.05) is 55.8 Å². The maximum Gasteiger partial charge on any atom is 0.253 e. The van der Waals surface area contributed by atoms with Gasteiger partial charge in [0.05, 0.1) is 24.7 Å². The number of aromatic nitrogens is 1. The molecule has 5 rings (SSSR count). The molecule has 9 nitrogen and oxygen atoms in total. The number of nitrogens with zero attached hydrogens (tertiary/aromatic N) is 2. The van der Waals surface area contributed by atoms with Gasteiger partial charge < -0.3 is 19.9 Å². The molecular weight excluding hydrogens is 588 g/mol. The average molecular weight is 635 g/mol. The van der Waals surface area contributed by atoms with E-state index in [0.717, 1.165) is 72.9 Å². The van der Waals surface area contributed by atoms with Crippen LogP contribution in [0.3, 0.4) is 0 Å². The fourth-order valence-corrected chi connectivity index (χ4v) is 8.06. The van der Waals surface area contributed by atoms with Gasteiger partial charge in [0.2, 0.25) is 0 Å². The quantitative estimate of drug-likeness (QED) is 0.344. The van der Waals surface area contributed by atoms with E-state index in [0.29, 0.717) is 30.5 Å². The van der Waals surface area contributed by atoms with Gasteiger partial charge in [-0.3, -0.25) is 14.5 Å². The van der Waals surface area contributed by atoms with Gasteiger partial charge in [-0.2, -0.15) is 0 Å². The Morgan fingerprint density at radius 3 is 2.47 bits per heavy atom. The van der Waals surface area contributed by atoms with Crippen LogP contribution in [-0.2, 0) is 27.5 Å². The van der Waals surface area contributed by atoms with E-state index in [9.17, 15) is 18.0 Å². The van der Waals surface area contributed by atoms with E-state index in [1.165, 1.54) is 5.56 Å². The second-order valence-electron chi connectivity index (χ2n) is 12.4. The molecule has 2 N–H and O–H groups in total. The predicted molar refractivity (Wildman–Crippen MR) is 180 cm³/mol. The van der Waals surface area contributed by atoms with E-state index in [2.05, 4.69) is 57.4 Å². The third-order valence-corrected chi connectivity index (χ3v) is 11.0. The molecule has 45 heavy (non-hydrogen) atoms. The van der Waals surface area contributed by atoms with Crippen molar-refractivity contribution in [3.8, 4) is 11.1 Å². The summed E-state index contributed by atoms with van der Waals surface area (Å²) in [5.74, 6) is 0.104. The zero-order chi connectivity index (χ0) is 32.1. The third kappa shape index (κ3) is 8.04. The monoisotopic (exact) mass is 634 g/mol. The summed E-state index contributed by atoms with van der Waals surface area (Å²) in [6, 6.07) is 14.6. The summed E-state index contributed by atoms with van der Waals surface area (Å²) >= 11 is 0. The number of pyridine rings is 1. The van der Waals surface area contributed by atoms with Gasteiger partial charge in [-0.15, -0.1) is 0 Å². The van der Waals surface area contributed by atoms with Crippen molar-refractivity contribution in [3.63, 3.8) is 0 Å². The minimum Gasteiger partial charge on any atom is -0.379 e. The van der Waals surface area contributed by atoms with Crippen molar-refractivity contribution in [1.82, 2.24) is 15.2 Å². The summed E-state index contributed by atoms with van der Waals surface area (Å²) in [5, 5.41) is 3.01. The normalized spacial score (nSPS) is 17.2. The number of carbonyl (C=O) groups excluding carboxylic acids is 1. The van der Waals surface area contributed by atoms with E-state index >= 15 is 0 Å². The van der Waals surface area contributed by atoms with E-state index in [1.54, 1.807) is 0 Å². The Labute approximate surface area is 266 Å². The molecular formula is C35H46N4O5S. The molecule has 0 bridgehead atoms. The van der Waals surface area contributed by atoms with Crippen LogP contribution in [0, 0.1) is 20.8 Å². The lowest BCUT2D eigenvalue weighted by molar-refractivity contribution is 0.0384. The number of hydrogen-bond donors (Lipinski definition) is 2. The number of amides is 1. The van der Waals surface area contributed by atoms with Gasteiger partial charge in [-0.25, -0.2) is 8.42 Å². The Kier molecular flexibility index (Phi) is 10.5. The Morgan fingerprint density at radius 1 is 1.04 bits per heavy atom. The van der Waals surface area contributed by atoms with Crippen LogP contribution in [0.5, 0.6) is 0 Å². The van der Waals surface area contributed by atoms with Gasteiger partial charge in [0, 0.05) is 61.3 Å². The van der Waals surface area contributed by atoms with Gasteiger partial charge >= 0.3 is 0 Å². The second kappa shape index (κ2) is 14.3. The number of H-pyrrole nitrogens is 1. The average Bonchev–Trinajstić information content (AvgIpc) is 3.02. The first-order valence-corrected chi connectivity index (χ1v) is 17.9. The Balaban J connectivity index is 1.48. The van der Waals surface area contributed by atoms with Crippen LogP contribution in [0.1, 0.15) is 58.1 Å². The molecule has 0 saturated carbocycles. The van der Waals surface area contributed by atoms with E-state index in [-0.39, 0.29) is 35.6 Å². The fourth-order valence-electron chi connectivity index (χ4n) is 6.60. The first-order chi connectivity index (χ1) is 21.5. The minimum atomic E-state index is -3.01. The van der Waals surface area contributed by atoms with Crippen molar-refractivity contribution in [1.29, 1.82) is 0 Å². The molecule has 2 fully saturated rings. The van der Waals surface area contributed by atoms with Crippen molar-refractivity contribution in [2.45, 2.75) is 59.5 Å². The molecule has 2 aromatic carbocycles. The molecule has 10 heteroatoms. The lowest BCUT2D eigenvalue weighted by atomic mass is 9.94. The van der Waals surface area contributed by atoms with Crippen LogP contribution >= 0.6 is 0 Å². The second-order valence-corrected chi connectivity index (χ2v) is 14.7. The molecule has 2 aliphatic rings. The molecule has 1 aromatic heterocycles. The lowest BCUT2D eigenvalue weighted by Crippen LogP contribution is -2.42. The number of carbonyl (C=O) groups is 1. The standard InChI is InChI=1S/C35H46N4O5S/c1-5-39(30-10-17-45(42,43)18-11-30)33-22-29(28-8-6-7-27(20-28)9-12-38-13-15-44-16-14-38)21-31(26(33)4)34(40)36-23-32-24(2)19-25(3)37-35(32)41/h6-8,19-22,30H,5,9-18,23H2,1-4H3,(H,36,40)(H,37,41). The van der Waals surface area contributed by atoms with E-state index in [4.69, 9.17) is 4.74 Å². The van der Waals surface area contributed by atoms with Crippen molar-refractivity contribution >= 4 is 21.4 Å². The summed E-state index contributed by atoms with van der Waals surface area (Å²) in [7, 11) is -3.01. The SMILES string of the molecule is CCN(c1cc(-c2cccc(CCN3CCOCC3)c2)cc(C(=O)NCc2c(C)cc(C)[nH]c2=O)c1C)C1CCS(=O)(=O)CC1. The number of morpholine rings is 1. The van der Waals surface area contributed by atoms with Crippen LogP contribution in [0.2, 0.25) is 0 Å². The Hall–Kier alpha value is -3.47. The Morgan fingerprint density at radius 2 is 1.78 bits per heavy atom. The van der Waals surface area contributed by atoms with Gasteiger partial charge in [0.15, 0.2) is 0 Å². The Bertz CT molecular complexity index is 1680. The molecule has 2 aliphatic heterocycles. The molecule has 0 unspecified atom stereocenters. The van der Waals surface area contributed by atoms with Crippen LogP contribution in [0.4, 0.5) is 5.69 Å². The van der Waals surface area contributed by atoms with Gasteiger partial charge in [0.25, 0.3) is 11.5 Å². The van der Waals surface area contributed by atoms with Gasteiger partial charge in [-0.1, -0.05) is 24.3 Å². The molecule has 0 atom stereocenters. The molecule has 0 aliphatic carbocycles. The number of benzene rings is 2. The zero-order valence-corrected chi connectivity index (χ0v) is 27.8. The number of sulfone groups is 1. The molecule has 242 valence electrons. The lowest BCUT2D eigenvalue weighted by Gasteiger charge is -2.37. The number of rotatable bonds is 10. The number of ether oxygens (including phenoxy) is 1. The van der Waals surface area contributed by atoms with Gasteiger partial charge in [0.1, 0.15) is 9.84 Å². The highest BCUT2D eigenvalue weighted by atomic mass is 32.2. The smallest absolute Gasteiger partial charge is 0.253 e. The highest BCUT2D eigenvalue weighted by molar-refractivity contribution is 7.91. The van der Waals surface area contributed by atoms with Crippen LogP contribution in [0.25, 0.3) is 11.1 Å². The zero-order valence-electron chi connectivity index (χ0n) is 26.9.